The molecule has 7 nitrogen and oxygen atoms in total. The zero-order valence-corrected chi connectivity index (χ0v) is 17.8. The molecule has 0 N–H and O–H groups in total. The van der Waals surface area contributed by atoms with Gasteiger partial charge in [-0.25, -0.2) is 17.6 Å². The van der Waals surface area contributed by atoms with Gasteiger partial charge in [-0.15, -0.1) is 0 Å². The lowest BCUT2D eigenvalue weighted by atomic mass is 10.2. The summed E-state index contributed by atoms with van der Waals surface area (Å²) in [6.45, 7) is 2.15. The van der Waals surface area contributed by atoms with Gasteiger partial charge in [0.25, 0.3) is 0 Å². The first-order valence-corrected chi connectivity index (χ1v) is 12.3. The third-order valence-electron chi connectivity index (χ3n) is 6.37. The Labute approximate surface area is 180 Å². The minimum atomic E-state index is -2.95. The summed E-state index contributed by atoms with van der Waals surface area (Å²) in [6.07, 6.45) is 0.499. The summed E-state index contributed by atoms with van der Waals surface area (Å²) in [5.74, 6) is 0.470. The van der Waals surface area contributed by atoms with E-state index in [1.807, 2.05) is 17.0 Å². The quantitative estimate of drug-likeness (QED) is 0.723. The molecule has 1 amide bonds. The summed E-state index contributed by atoms with van der Waals surface area (Å²) in [6, 6.07) is 14.0. The fourth-order valence-electron chi connectivity index (χ4n) is 4.71. The second kappa shape index (κ2) is 7.71. The molecule has 3 heterocycles. The Balaban J connectivity index is 1.21. The van der Waals surface area contributed by atoms with Crippen LogP contribution in [0.4, 0.5) is 20.6 Å². The highest BCUT2D eigenvalue weighted by Crippen LogP contribution is 2.35. The summed E-state index contributed by atoms with van der Waals surface area (Å²) in [4.78, 5) is 18.8. The molecule has 0 aliphatic carbocycles. The topological polar surface area (TPSA) is 70.2 Å². The molecule has 0 spiro atoms. The summed E-state index contributed by atoms with van der Waals surface area (Å²) in [5.41, 5.74) is 1.82. The van der Waals surface area contributed by atoms with E-state index in [0.29, 0.717) is 31.9 Å². The van der Waals surface area contributed by atoms with E-state index in [4.69, 9.17) is 4.74 Å². The normalized spacial score (nSPS) is 24.5. The molecule has 2 aromatic rings. The van der Waals surface area contributed by atoms with Crippen LogP contribution >= 0.6 is 0 Å². The number of sulfone groups is 1. The lowest BCUT2D eigenvalue weighted by molar-refractivity contribution is 0.144. The molecule has 0 aromatic heterocycles. The van der Waals surface area contributed by atoms with Gasteiger partial charge in [-0.3, -0.25) is 0 Å². The molecule has 3 aliphatic rings. The second-order valence-corrected chi connectivity index (χ2v) is 10.6. The van der Waals surface area contributed by atoms with Crippen molar-refractivity contribution in [2.45, 2.75) is 18.5 Å². The Hall–Kier alpha value is -2.81. The number of carbonyl (C=O) groups excluding carboxylic acids is 1. The van der Waals surface area contributed by atoms with Crippen molar-refractivity contribution in [1.29, 1.82) is 0 Å². The maximum absolute atomic E-state index is 13.2. The number of nitrogens with zero attached hydrogens (tertiary/aromatic N) is 3. The van der Waals surface area contributed by atoms with E-state index < -0.39 is 9.84 Å². The molecule has 5 rings (SSSR count). The van der Waals surface area contributed by atoms with Crippen LogP contribution in [0.5, 0.6) is 5.75 Å². The number of anilines is 2. The van der Waals surface area contributed by atoms with Crippen molar-refractivity contribution >= 4 is 27.3 Å². The first-order valence-electron chi connectivity index (χ1n) is 10.4. The summed E-state index contributed by atoms with van der Waals surface area (Å²) in [5, 5.41) is 0. The van der Waals surface area contributed by atoms with E-state index in [2.05, 4.69) is 4.90 Å². The highest BCUT2D eigenvalue weighted by Gasteiger charge is 2.46. The van der Waals surface area contributed by atoms with Crippen molar-refractivity contribution in [2.24, 2.45) is 0 Å². The molecule has 0 saturated carbocycles. The Morgan fingerprint density at radius 1 is 0.968 bits per heavy atom. The van der Waals surface area contributed by atoms with Crippen molar-refractivity contribution in [3.63, 3.8) is 0 Å². The first-order chi connectivity index (χ1) is 14.9. The maximum atomic E-state index is 13.2. The van der Waals surface area contributed by atoms with E-state index in [1.54, 1.807) is 29.2 Å². The molecular weight excluding hydrogens is 421 g/mol. The van der Waals surface area contributed by atoms with Crippen LogP contribution in [0.25, 0.3) is 0 Å². The fraction of sp³-hybridized carbons (Fsp3) is 0.409. The van der Waals surface area contributed by atoms with Gasteiger partial charge in [0.05, 0.1) is 17.5 Å². The number of fused-ring (bicyclic) bond motifs is 2. The van der Waals surface area contributed by atoms with Crippen LogP contribution in [0.3, 0.4) is 0 Å². The van der Waals surface area contributed by atoms with E-state index in [-0.39, 0.29) is 35.5 Å². The van der Waals surface area contributed by atoms with Crippen LogP contribution in [-0.2, 0) is 9.84 Å². The minimum absolute atomic E-state index is 0.0676. The van der Waals surface area contributed by atoms with Crippen LogP contribution in [0, 0.1) is 5.82 Å². The molecular formula is C22H24FN3O4S. The zero-order chi connectivity index (χ0) is 21.6. The first kappa shape index (κ1) is 20.1. The Bertz CT molecular complexity index is 1080. The van der Waals surface area contributed by atoms with Crippen LogP contribution in [0.2, 0.25) is 0 Å². The minimum Gasteiger partial charge on any atom is -0.410 e. The maximum Gasteiger partial charge on any atom is 0.415 e. The van der Waals surface area contributed by atoms with Gasteiger partial charge in [0, 0.05) is 49.7 Å². The van der Waals surface area contributed by atoms with Gasteiger partial charge in [-0.2, -0.15) is 0 Å². The number of hydrogen-bond acceptors (Lipinski definition) is 6. The second-order valence-electron chi connectivity index (χ2n) is 8.33. The van der Waals surface area contributed by atoms with Gasteiger partial charge in [-0.05, 0) is 42.8 Å². The number of carbonyl (C=O) groups is 1. The third-order valence-corrected chi connectivity index (χ3v) is 7.97. The van der Waals surface area contributed by atoms with E-state index >= 15 is 0 Å². The number of hydrogen-bond donors (Lipinski definition) is 0. The zero-order valence-electron chi connectivity index (χ0n) is 17.0. The van der Waals surface area contributed by atoms with Gasteiger partial charge < -0.3 is 19.4 Å². The monoisotopic (exact) mass is 445 g/mol. The standard InChI is InChI=1S/C22H24FN3O4S/c23-16-4-6-17(7-5-16)25-14-20-12-19(25)15-26(20)22(27)30-21-3-1-2-18(13-21)24-8-10-31(28,29)11-9-24/h1-7,13,19-20H,8-12,14-15H2/t19-,20-/m0/s1. The highest BCUT2D eigenvalue weighted by atomic mass is 32.2. The molecule has 0 unspecified atom stereocenters. The van der Waals surface area contributed by atoms with Crippen LogP contribution in [0.1, 0.15) is 6.42 Å². The molecule has 164 valence electrons. The molecule has 0 radical (unpaired) electrons. The summed E-state index contributed by atoms with van der Waals surface area (Å²) < 4.78 is 42.2. The fourth-order valence-corrected chi connectivity index (χ4v) is 5.91. The number of halogens is 1. The largest absolute Gasteiger partial charge is 0.415 e. The Morgan fingerprint density at radius 3 is 2.39 bits per heavy atom. The molecule has 2 bridgehead atoms. The van der Waals surface area contributed by atoms with Crippen molar-refractivity contribution in [2.75, 3.05) is 47.5 Å². The molecule has 3 fully saturated rings. The number of likely N-dealkylation sites (tertiary alicyclic amines) is 1. The Morgan fingerprint density at radius 2 is 1.71 bits per heavy atom. The summed E-state index contributed by atoms with van der Waals surface area (Å²) >= 11 is 0. The lowest BCUT2D eigenvalue weighted by Crippen LogP contribution is -2.49. The summed E-state index contributed by atoms with van der Waals surface area (Å²) in [7, 11) is -2.95. The van der Waals surface area contributed by atoms with E-state index in [9.17, 15) is 17.6 Å². The number of amides is 1. The van der Waals surface area contributed by atoms with Crippen LogP contribution in [0.15, 0.2) is 48.5 Å². The molecule has 9 heteroatoms. The Kier molecular flexibility index (Phi) is 5.00. The number of benzene rings is 2. The molecule has 31 heavy (non-hydrogen) atoms. The molecule has 2 atom stereocenters. The predicted molar refractivity (Wildman–Crippen MR) is 116 cm³/mol. The van der Waals surface area contributed by atoms with Crippen LogP contribution < -0.4 is 14.5 Å². The molecule has 3 saturated heterocycles. The third kappa shape index (κ3) is 4.06. The lowest BCUT2D eigenvalue weighted by Gasteiger charge is -2.35. The smallest absolute Gasteiger partial charge is 0.410 e. The van der Waals surface area contributed by atoms with E-state index in [0.717, 1.165) is 17.8 Å². The highest BCUT2D eigenvalue weighted by molar-refractivity contribution is 7.91. The van der Waals surface area contributed by atoms with Crippen molar-refractivity contribution in [1.82, 2.24) is 4.90 Å². The number of piperazine rings is 1. The van der Waals surface area contributed by atoms with Gasteiger partial charge in [0.15, 0.2) is 9.84 Å². The van der Waals surface area contributed by atoms with Crippen molar-refractivity contribution < 1.29 is 22.3 Å². The molecule has 3 aliphatic heterocycles. The van der Waals surface area contributed by atoms with Gasteiger partial charge >= 0.3 is 6.09 Å². The van der Waals surface area contributed by atoms with Crippen molar-refractivity contribution in [3.05, 3.63) is 54.3 Å². The predicted octanol–water partition coefficient (Wildman–Crippen LogP) is 2.52. The van der Waals surface area contributed by atoms with Gasteiger partial charge in [-0.1, -0.05) is 6.07 Å². The average Bonchev–Trinajstić information content (AvgIpc) is 3.36. The number of ether oxygens (including phenoxy) is 1. The van der Waals surface area contributed by atoms with Crippen LogP contribution in [-0.4, -0.2) is 69.2 Å². The molecule has 2 aromatic carbocycles. The van der Waals surface area contributed by atoms with Gasteiger partial charge in [0.2, 0.25) is 0 Å². The van der Waals surface area contributed by atoms with Gasteiger partial charge in [0.1, 0.15) is 11.6 Å². The SMILES string of the molecule is O=C(Oc1cccc(N2CCS(=O)(=O)CC2)c1)N1C[C@@H]2C[C@H]1CN2c1ccc(F)cc1. The number of rotatable bonds is 3. The van der Waals surface area contributed by atoms with E-state index in [1.165, 1.54) is 12.1 Å². The average molecular weight is 446 g/mol. The van der Waals surface area contributed by atoms with Crippen molar-refractivity contribution in [3.8, 4) is 5.75 Å².